The van der Waals surface area contributed by atoms with Crippen LogP contribution in [0.3, 0.4) is 0 Å². The lowest BCUT2D eigenvalue weighted by atomic mass is 10.2. The number of hydrogen-bond donors (Lipinski definition) is 0. The first kappa shape index (κ1) is 9.96. The molecular formula is C13H10N2O2. The van der Waals surface area contributed by atoms with Crippen molar-refractivity contribution in [3.05, 3.63) is 36.5 Å². The van der Waals surface area contributed by atoms with Gasteiger partial charge in [0, 0.05) is 30.2 Å². The highest BCUT2D eigenvalue weighted by atomic mass is 16.2. The van der Waals surface area contributed by atoms with Crippen molar-refractivity contribution in [3.8, 4) is 0 Å². The first-order valence-electron chi connectivity index (χ1n) is 5.45. The number of aromatic nitrogens is 1. The van der Waals surface area contributed by atoms with E-state index in [-0.39, 0.29) is 5.78 Å². The number of amides is 1. The molecule has 0 N–H and O–H groups in total. The van der Waals surface area contributed by atoms with Crippen molar-refractivity contribution in [2.75, 3.05) is 11.4 Å². The van der Waals surface area contributed by atoms with Crippen LogP contribution in [-0.4, -0.2) is 23.2 Å². The summed E-state index contributed by atoms with van der Waals surface area (Å²) in [4.78, 5) is 28.6. The molecule has 0 spiro atoms. The number of carbonyl (C=O) groups excluding carboxylic acids is 2. The Hall–Kier alpha value is -2.23. The van der Waals surface area contributed by atoms with E-state index in [9.17, 15) is 9.59 Å². The van der Waals surface area contributed by atoms with Gasteiger partial charge < -0.3 is 4.90 Å². The molecular weight excluding hydrogens is 216 g/mol. The molecule has 0 unspecified atom stereocenters. The minimum absolute atomic E-state index is 0.309. The van der Waals surface area contributed by atoms with Crippen molar-refractivity contribution in [1.82, 2.24) is 4.98 Å². The van der Waals surface area contributed by atoms with Gasteiger partial charge in [-0.05, 0) is 24.3 Å². The van der Waals surface area contributed by atoms with Gasteiger partial charge in [-0.15, -0.1) is 0 Å². The van der Waals surface area contributed by atoms with Crippen LogP contribution in [0.5, 0.6) is 0 Å². The van der Waals surface area contributed by atoms with Gasteiger partial charge in [0.15, 0.2) is 0 Å². The highest BCUT2D eigenvalue weighted by molar-refractivity contribution is 6.43. The Kier molecular flexibility index (Phi) is 2.14. The van der Waals surface area contributed by atoms with Gasteiger partial charge in [-0.25, -0.2) is 0 Å². The van der Waals surface area contributed by atoms with Crippen molar-refractivity contribution in [1.29, 1.82) is 0 Å². The maximum Gasteiger partial charge on any atom is 0.294 e. The second-order valence-electron chi connectivity index (χ2n) is 4.01. The molecule has 0 saturated carbocycles. The standard InChI is InChI=1S/C13H10N2O2/c16-12-5-7-15(13(12)17)10-3-4-11-9(8-10)2-1-6-14-11/h1-4,6,8H,5,7H2. The first-order valence-corrected chi connectivity index (χ1v) is 5.45. The normalized spacial score (nSPS) is 15.9. The molecule has 84 valence electrons. The summed E-state index contributed by atoms with van der Waals surface area (Å²) in [6, 6.07) is 9.36. The van der Waals surface area contributed by atoms with Crippen LogP contribution >= 0.6 is 0 Å². The Morgan fingerprint density at radius 1 is 1.18 bits per heavy atom. The number of hydrogen-bond acceptors (Lipinski definition) is 3. The maximum atomic E-state index is 11.6. The van der Waals surface area contributed by atoms with Crippen molar-refractivity contribution >= 4 is 28.3 Å². The average molecular weight is 226 g/mol. The molecule has 1 aromatic heterocycles. The van der Waals surface area contributed by atoms with Gasteiger partial charge >= 0.3 is 0 Å². The van der Waals surface area contributed by atoms with Gasteiger partial charge in [0.05, 0.1) is 5.52 Å². The largest absolute Gasteiger partial charge is 0.305 e. The molecule has 0 atom stereocenters. The van der Waals surface area contributed by atoms with Crippen LogP contribution < -0.4 is 4.90 Å². The van der Waals surface area contributed by atoms with Crippen LogP contribution in [0, 0.1) is 0 Å². The van der Waals surface area contributed by atoms with Crippen molar-refractivity contribution in [3.63, 3.8) is 0 Å². The maximum absolute atomic E-state index is 11.6. The fourth-order valence-electron chi connectivity index (χ4n) is 2.05. The van der Waals surface area contributed by atoms with Gasteiger partial charge in [0.25, 0.3) is 5.91 Å². The lowest BCUT2D eigenvalue weighted by Crippen LogP contribution is -2.26. The minimum atomic E-state index is -0.409. The summed E-state index contributed by atoms with van der Waals surface area (Å²) in [5.41, 5.74) is 1.65. The van der Waals surface area contributed by atoms with E-state index in [2.05, 4.69) is 4.98 Å². The third-order valence-corrected chi connectivity index (χ3v) is 2.94. The number of carbonyl (C=O) groups is 2. The smallest absolute Gasteiger partial charge is 0.294 e. The SMILES string of the molecule is O=C1CCN(c2ccc3ncccc3c2)C1=O. The second kappa shape index (κ2) is 3.66. The summed E-state index contributed by atoms with van der Waals surface area (Å²) in [7, 11) is 0. The number of Topliss-reactive ketones (excluding diaryl/α,β-unsaturated/α-hetero) is 1. The summed E-state index contributed by atoms with van der Waals surface area (Å²) < 4.78 is 0. The van der Waals surface area contributed by atoms with Crippen LogP contribution in [0.15, 0.2) is 36.5 Å². The summed E-state index contributed by atoms with van der Waals surface area (Å²) in [5.74, 6) is -0.718. The number of fused-ring (bicyclic) bond motifs is 1. The molecule has 1 aromatic carbocycles. The molecule has 0 radical (unpaired) electrons. The minimum Gasteiger partial charge on any atom is -0.305 e. The zero-order valence-corrected chi connectivity index (χ0v) is 9.09. The highest BCUT2D eigenvalue weighted by Gasteiger charge is 2.30. The predicted molar refractivity (Wildman–Crippen MR) is 63.7 cm³/mol. The average Bonchev–Trinajstić information content (AvgIpc) is 2.70. The van der Waals surface area contributed by atoms with E-state index in [0.29, 0.717) is 13.0 Å². The molecule has 4 nitrogen and oxygen atoms in total. The van der Waals surface area contributed by atoms with E-state index in [1.807, 2.05) is 30.3 Å². The van der Waals surface area contributed by atoms with Crippen molar-refractivity contribution < 1.29 is 9.59 Å². The molecule has 2 aromatic rings. The van der Waals surface area contributed by atoms with Gasteiger partial charge in [0.2, 0.25) is 5.78 Å². The van der Waals surface area contributed by atoms with Crippen molar-refractivity contribution in [2.24, 2.45) is 0 Å². The molecule has 1 aliphatic heterocycles. The lowest BCUT2D eigenvalue weighted by Gasteiger charge is -2.14. The van der Waals surface area contributed by atoms with E-state index in [1.54, 1.807) is 6.20 Å². The third-order valence-electron chi connectivity index (χ3n) is 2.94. The molecule has 1 fully saturated rings. The van der Waals surface area contributed by atoms with Gasteiger partial charge in [-0.2, -0.15) is 0 Å². The zero-order chi connectivity index (χ0) is 11.8. The summed E-state index contributed by atoms with van der Waals surface area (Å²) in [5, 5.41) is 0.970. The zero-order valence-electron chi connectivity index (χ0n) is 9.09. The van der Waals surface area contributed by atoms with Crippen LogP contribution in [-0.2, 0) is 9.59 Å². The topological polar surface area (TPSA) is 50.3 Å². The van der Waals surface area contributed by atoms with E-state index in [4.69, 9.17) is 0 Å². The molecule has 0 bridgehead atoms. The van der Waals surface area contributed by atoms with E-state index < -0.39 is 5.91 Å². The lowest BCUT2D eigenvalue weighted by molar-refractivity contribution is -0.133. The van der Waals surface area contributed by atoms with Gasteiger partial charge in [-0.3, -0.25) is 14.6 Å². The number of benzene rings is 1. The Bertz CT molecular complexity index is 622. The van der Waals surface area contributed by atoms with E-state index >= 15 is 0 Å². The Labute approximate surface area is 97.9 Å². The number of rotatable bonds is 1. The quantitative estimate of drug-likeness (QED) is 0.693. The van der Waals surface area contributed by atoms with E-state index in [0.717, 1.165) is 16.6 Å². The van der Waals surface area contributed by atoms with Crippen LogP contribution in [0.1, 0.15) is 6.42 Å². The second-order valence-corrected chi connectivity index (χ2v) is 4.01. The Balaban J connectivity index is 2.07. The van der Waals surface area contributed by atoms with E-state index in [1.165, 1.54) is 4.90 Å². The molecule has 2 heterocycles. The predicted octanol–water partition coefficient (Wildman–Crippen LogP) is 1.54. The van der Waals surface area contributed by atoms with Crippen LogP contribution in [0.25, 0.3) is 10.9 Å². The summed E-state index contributed by atoms with van der Waals surface area (Å²) in [6.45, 7) is 0.476. The molecule has 4 heteroatoms. The summed E-state index contributed by atoms with van der Waals surface area (Å²) >= 11 is 0. The number of ketones is 1. The number of nitrogens with zero attached hydrogens (tertiary/aromatic N) is 2. The first-order chi connectivity index (χ1) is 8.25. The van der Waals surface area contributed by atoms with Crippen LogP contribution in [0.4, 0.5) is 5.69 Å². The molecule has 0 aliphatic carbocycles. The molecule has 1 amide bonds. The molecule has 1 aliphatic rings. The number of anilines is 1. The van der Waals surface area contributed by atoms with Gasteiger partial charge in [-0.1, -0.05) is 6.07 Å². The Morgan fingerprint density at radius 3 is 2.82 bits per heavy atom. The third kappa shape index (κ3) is 1.58. The van der Waals surface area contributed by atoms with Crippen LogP contribution in [0.2, 0.25) is 0 Å². The number of pyridine rings is 1. The fourth-order valence-corrected chi connectivity index (χ4v) is 2.05. The molecule has 17 heavy (non-hydrogen) atoms. The fraction of sp³-hybridized carbons (Fsp3) is 0.154. The molecule has 1 saturated heterocycles. The van der Waals surface area contributed by atoms with Crippen molar-refractivity contribution in [2.45, 2.75) is 6.42 Å². The Morgan fingerprint density at radius 2 is 2.06 bits per heavy atom. The summed E-state index contributed by atoms with van der Waals surface area (Å²) in [6.07, 6.45) is 2.04. The van der Waals surface area contributed by atoms with Gasteiger partial charge in [0.1, 0.15) is 0 Å². The highest BCUT2D eigenvalue weighted by Crippen LogP contribution is 2.23. The monoisotopic (exact) mass is 226 g/mol. The molecule has 3 rings (SSSR count).